The zero-order valence-corrected chi connectivity index (χ0v) is 35.1. The molecule has 3 amide bonds. The highest BCUT2D eigenvalue weighted by atomic mass is 16.5. The number of ether oxygens (including phenoxy) is 1. The molecule has 3 aromatic heterocycles. The van der Waals surface area contributed by atoms with Crippen LogP contribution in [0.25, 0.3) is 22.5 Å². The first-order valence-electron chi connectivity index (χ1n) is 21.0. The smallest absolute Gasteiger partial charge is 0.224 e. The van der Waals surface area contributed by atoms with E-state index < -0.39 is 30.4 Å². The predicted molar refractivity (Wildman–Crippen MR) is 228 cm³/mol. The summed E-state index contributed by atoms with van der Waals surface area (Å²) in [4.78, 5) is 38.0. The van der Waals surface area contributed by atoms with Crippen molar-refractivity contribution in [3.8, 4) is 22.5 Å². The maximum Gasteiger partial charge on any atom is 0.224 e. The van der Waals surface area contributed by atoms with Crippen molar-refractivity contribution < 1.29 is 29.3 Å². The molecule has 2 aromatic carbocycles. The van der Waals surface area contributed by atoms with E-state index in [1.54, 1.807) is 34.6 Å². The van der Waals surface area contributed by atoms with Crippen LogP contribution in [0.4, 0.5) is 11.4 Å². The number of aromatic nitrogens is 9. The van der Waals surface area contributed by atoms with Gasteiger partial charge in [0.15, 0.2) is 0 Å². The number of carbonyl (C=O) groups excluding carboxylic acids is 3. The highest BCUT2D eigenvalue weighted by Crippen LogP contribution is 2.31. The third-order valence-electron chi connectivity index (χ3n) is 10.5. The normalized spacial score (nSPS) is 17.1. The third kappa shape index (κ3) is 11.9. The summed E-state index contributed by atoms with van der Waals surface area (Å²) in [6.45, 7) is 7.89. The van der Waals surface area contributed by atoms with Crippen LogP contribution >= 0.6 is 0 Å². The number of carbonyl (C=O) groups is 3. The molecule has 0 fully saturated rings. The minimum atomic E-state index is -1.25. The molecule has 0 aliphatic carbocycles. The lowest BCUT2D eigenvalue weighted by Crippen LogP contribution is -2.56. The Morgan fingerprint density at radius 3 is 2.07 bits per heavy atom. The van der Waals surface area contributed by atoms with Crippen LogP contribution in [-0.4, -0.2) is 97.3 Å². The molecule has 5 N–H and O–H groups in total. The van der Waals surface area contributed by atoms with Crippen LogP contribution in [0.15, 0.2) is 79.5 Å². The number of aliphatic hydroxyl groups excluding tert-OH is 2. The lowest BCUT2D eigenvalue weighted by atomic mass is 9.92. The van der Waals surface area contributed by atoms with Gasteiger partial charge in [0.1, 0.15) is 23.6 Å². The fourth-order valence-corrected chi connectivity index (χ4v) is 7.17. The number of unbranched alkanes of at least 4 members (excludes halogenated alkanes) is 3. The minimum Gasteiger partial charge on any atom is -0.493 e. The summed E-state index contributed by atoms with van der Waals surface area (Å²) in [5.74, 6) is -0.511. The van der Waals surface area contributed by atoms with Crippen LogP contribution < -0.4 is 16.0 Å². The van der Waals surface area contributed by atoms with Crippen molar-refractivity contribution in [1.82, 2.24) is 50.3 Å². The molecule has 0 spiro atoms. The standard InChI is InChI=1S/C43H56N12O6/c1-5-38(57)42(60)43-41(44-29(4)56)37(22-24-61-43)55-27-36(49-52-55)32-17-10-12-19-34(32)46-40(59)21-13-8-15-30-25-53(50-47-30)23-14-6-7-20-39(58)45-33-18-11-9-16-31(33)35-26-54(28(2)3)51-48-35/h9-12,16-19,22,24-28,37-38,41-43,57,60H,5-8,13-15,20-21,23H2,1-4H3,(H,44,56)(H,45,58)(H,46,59)/t37-,38+,41+,42+,43+/m0/s1. The first-order valence-corrected chi connectivity index (χ1v) is 21.0. The van der Waals surface area contributed by atoms with E-state index in [1.807, 2.05) is 73.4 Å². The van der Waals surface area contributed by atoms with Gasteiger partial charge in [0.2, 0.25) is 17.7 Å². The average molecular weight is 837 g/mol. The summed E-state index contributed by atoms with van der Waals surface area (Å²) in [7, 11) is 0. The quantitative estimate of drug-likeness (QED) is 0.0614. The molecular weight excluding hydrogens is 781 g/mol. The fourth-order valence-electron chi connectivity index (χ4n) is 7.17. The Balaban J connectivity index is 0.915. The van der Waals surface area contributed by atoms with Crippen molar-refractivity contribution in [2.45, 2.75) is 128 Å². The van der Waals surface area contributed by atoms with Gasteiger partial charge in [-0.1, -0.05) is 65.4 Å². The van der Waals surface area contributed by atoms with Gasteiger partial charge in [-0.05, 0) is 70.6 Å². The Bertz CT molecular complexity index is 2250. The number of rotatable bonds is 21. The van der Waals surface area contributed by atoms with Gasteiger partial charge in [0, 0.05) is 49.7 Å². The summed E-state index contributed by atoms with van der Waals surface area (Å²) >= 11 is 0. The number of hydrogen-bond acceptors (Lipinski definition) is 12. The van der Waals surface area contributed by atoms with Crippen molar-refractivity contribution in [2.24, 2.45) is 0 Å². The van der Waals surface area contributed by atoms with E-state index in [0.717, 1.165) is 42.6 Å². The van der Waals surface area contributed by atoms with E-state index in [0.29, 0.717) is 61.3 Å². The molecule has 1 aliphatic rings. The van der Waals surface area contributed by atoms with Crippen LogP contribution in [-0.2, 0) is 32.1 Å². The molecule has 1 aliphatic heterocycles. The summed E-state index contributed by atoms with van der Waals surface area (Å²) in [6, 6.07) is 13.8. The maximum absolute atomic E-state index is 13.1. The molecule has 18 heteroatoms. The number of para-hydroxylation sites is 2. The maximum atomic E-state index is 13.1. The SMILES string of the molecule is CC[C@@H](O)[C@@H](O)[C@@H]1OC=C[C@H](n2cc(-c3ccccc3NC(=O)CCCCc3cn(CCCCCC(=O)Nc4ccccc4-c4cn(C(C)C)nn4)nn3)nn2)[C@H]1NC(C)=O. The number of nitrogens with zero attached hydrogens (tertiary/aromatic N) is 9. The van der Waals surface area contributed by atoms with Crippen molar-refractivity contribution in [2.75, 3.05) is 10.6 Å². The van der Waals surface area contributed by atoms with Crippen LogP contribution in [0.2, 0.25) is 0 Å². The Hall–Kier alpha value is -6.27. The number of amides is 3. The van der Waals surface area contributed by atoms with Gasteiger partial charge in [-0.2, -0.15) is 0 Å². The van der Waals surface area contributed by atoms with Crippen LogP contribution in [0.5, 0.6) is 0 Å². The molecule has 5 atom stereocenters. The first-order chi connectivity index (χ1) is 29.5. The number of anilines is 2. The lowest BCUT2D eigenvalue weighted by Gasteiger charge is -2.38. The summed E-state index contributed by atoms with van der Waals surface area (Å²) in [5, 5.41) is 55.7. The molecule has 61 heavy (non-hydrogen) atoms. The lowest BCUT2D eigenvalue weighted by molar-refractivity contribution is -0.125. The van der Waals surface area contributed by atoms with E-state index in [9.17, 15) is 24.6 Å². The monoisotopic (exact) mass is 836 g/mol. The van der Waals surface area contributed by atoms with Crippen molar-refractivity contribution in [3.63, 3.8) is 0 Å². The molecule has 0 saturated carbocycles. The number of aliphatic hydroxyl groups is 2. The molecular formula is C43H56N12O6. The summed E-state index contributed by atoms with van der Waals surface area (Å²) < 4.78 is 10.9. The fraction of sp³-hybridized carbons (Fsp3) is 0.465. The van der Waals surface area contributed by atoms with Crippen molar-refractivity contribution in [1.29, 1.82) is 0 Å². The van der Waals surface area contributed by atoms with Crippen molar-refractivity contribution in [3.05, 3.63) is 85.2 Å². The number of hydrogen-bond donors (Lipinski definition) is 5. The zero-order chi connectivity index (χ0) is 43.3. The average Bonchev–Trinajstić information content (AvgIpc) is 4.05. The van der Waals surface area contributed by atoms with Crippen LogP contribution in [0.1, 0.15) is 96.8 Å². The molecule has 5 aromatic rings. The molecule has 0 bridgehead atoms. The van der Waals surface area contributed by atoms with E-state index >= 15 is 0 Å². The third-order valence-corrected chi connectivity index (χ3v) is 10.5. The van der Waals surface area contributed by atoms with Crippen molar-refractivity contribution >= 4 is 29.1 Å². The van der Waals surface area contributed by atoms with Gasteiger partial charge in [0.25, 0.3) is 0 Å². The van der Waals surface area contributed by atoms with E-state index in [2.05, 4.69) is 46.9 Å². The van der Waals surface area contributed by atoms with Gasteiger partial charge in [0.05, 0.1) is 53.9 Å². The second-order valence-electron chi connectivity index (χ2n) is 15.6. The number of nitrogens with one attached hydrogen (secondary N) is 3. The molecule has 0 unspecified atom stereocenters. The topological polar surface area (TPSA) is 229 Å². The molecule has 324 valence electrons. The zero-order valence-electron chi connectivity index (χ0n) is 35.1. The Kier molecular flexibility index (Phi) is 15.5. The first kappa shape index (κ1) is 44.3. The van der Waals surface area contributed by atoms with E-state index in [-0.39, 0.29) is 23.8 Å². The minimum absolute atomic E-state index is 0.0431. The van der Waals surface area contributed by atoms with Crippen LogP contribution in [0.3, 0.4) is 0 Å². The highest BCUT2D eigenvalue weighted by molar-refractivity contribution is 5.95. The molecule has 4 heterocycles. The van der Waals surface area contributed by atoms with Gasteiger partial charge in [-0.3, -0.25) is 19.1 Å². The molecule has 18 nitrogen and oxygen atoms in total. The Labute approximate surface area is 354 Å². The summed E-state index contributed by atoms with van der Waals surface area (Å²) in [5.41, 5.74) is 4.88. The van der Waals surface area contributed by atoms with E-state index in [1.165, 1.54) is 13.2 Å². The highest BCUT2D eigenvalue weighted by Gasteiger charge is 2.41. The Morgan fingerprint density at radius 1 is 0.787 bits per heavy atom. The van der Waals surface area contributed by atoms with Gasteiger partial charge in [-0.15, -0.1) is 15.3 Å². The molecule has 6 rings (SSSR count). The largest absolute Gasteiger partial charge is 0.493 e. The molecule has 0 radical (unpaired) electrons. The second-order valence-corrected chi connectivity index (χ2v) is 15.6. The van der Waals surface area contributed by atoms with E-state index in [4.69, 9.17) is 4.74 Å². The van der Waals surface area contributed by atoms with Gasteiger partial charge >= 0.3 is 0 Å². The second kappa shape index (κ2) is 21.3. The molecule has 0 saturated heterocycles. The van der Waals surface area contributed by atoms with Gasteiger partial charge in [-0.25, -0.2) is 9.36 Å². The van der Waals surface area contributed by atoms with Crippen LogP contribution in [0, 0.1) is 0 Å². The number of benzene rings is 2. The predicted octanol–water partition coefficient (Wildman–Crippen LogP) is 5.02. The Morgan fingerprint density at radius 2 is 1.43 bits per heavy atom. The summed E-state index contributed by atoms with van der Waals surface area (Å²) in [6.07, 6.45) is 11.0. The van der Waals surface area contributed by atoms with Gasteiger partial charge < -0.3 is 30.9 Å². The number of aryl methyl sites for hydroxylation is 2.